The molecule has 1 atom stereocenters. The van der Waals surface area contributed by atoms with E-state index in [1.54, 1.807) is 0 Å². The molecule has 0 aromatic heterocycles. The second kappa shape index (κ2) is 6.12. The van der Waals surface area contributed by atoms with E-state index in [1.165, 1.54) is 25.1 Å². The smallest absolute Gasteiger partial charge is 0.397 e. The summed E-state index contributed by atoms with van der Waals surface area (Å²) in [5.41, 5.74) is 6.11. The Balaban J connectivity index is 2.56. The molecule has 4 nitrogen and oxygen atoms in total. The number of benzene rings is 1. The first-order chi connectivity index (χ1) is 8.69. The van der Waals surface area contributed by atoms with Crippen LogP contribution < -0.4 is 11.1 Å². The van der Waals surface area contributed by atoms with E-state index >= 15 is 0 Å². The number of nitrogens with two attached hydrogens (primary N) is 1. The Hall–Kier alpha value is -1.47. The van der Waals surface area contributed by atoms with Crippen LogP contribution in [0.15, 0.2) is 18.2 Å². The van der Waals surface area contributed by atoms with Crippen LogP contribution in [-0.4, -0.2) is 24.8 Å². The van der Waals surface area contributed by atoms with E-state index < -0.39 is 24.8 Å². The molecule has 8 heteroatoms. The normalized spacial score (nSPS) is 13.1. The molecule has 0 heterocycles. The molecule has 106 valence electrons. The van der Waals surface area contributed by atoms with Crippen molar-refractivity contribution in [3.05, 3.63) is 23.2 Å². The van der Waals surface area contributed by atoms with Crippen LogP contribution in [0.1, 0.15) is 6.92 Å². The first-order valence-corrected chi connectivity index (χ1v) is 5.61. The molecule has 0 saturated heterocycles. The number of carbonyl (C=O) groups excluding carboxylic acids is 1. The first-order valence-electron chi connectivity index (χ1n) is 5.23. The number of carbonyl (C=O) groups is 1. The van der Waals surface area contributed by atoms with Crippen molar-refractivity contribution in [2.45, 2.75) is 19.2 Å². The highest BCUT2D eigenvalue weighted by molar-refractivity contribution is 6.33. The molecule has 1 unspecified atom stereocenters. The van der Waals surface area contributed by atoms with Crippen LogP contribution in [0.5, 0.6) is 0 Å². The van der Waals surface area contributed by atoms with Gasteiger partial charge in [0.05, 0.1) is 10.7 Å². The van der Waals surface area contributed by atoms with Crippen molar-refractivity contribution >= 4 is 28.9 Å². The fourth-order valence-electron chi connectivity index (χ4n) is 1.16. The van der Waals surface area contributed by atoms with Gasteiger partial charge in [-0.25, -0.2) is 0 Å². The highest BCUT2D eigenvalue weighted by atomic mass is 35.5. The van der Waals surface area contributed by atoms with Crippen LogP contribution in [-0.2, 0) is 9.53 Å². The van der Waals surface area contributed by atoms with Gasteiger partial charge in [-0.2, -0.15) is 13.2 Å². The highest BCUT2D eigenvalue weighted by Crippen LogP contribution is 2.22. The predicted molar refractivity (Wildman–Crippen MR) is 66.0 cm³/mol. The summed E-state index contributed by atoms with van der Waals surface area (Å²) in [7, 11) is 0. The zero-order valence-electron chi connectivity index (χ0n) is 9.92. The molecular formula is C11H12ClF3N2O2. The number of anilines is 2. The summed E-state index contributed by atoms with van der Waals surface area (Å²) in [4.78, 5) is 11.5. The minimum absolute atomic E-state index is 0.253. The van der Waals surface area contributed by atoms with Gasteiger partial charge in [-0.15, -0.1) is 0 Å². The molecule has 1 rings (SSSR count). The predicted octanol–water partition coefficient (Wildman–Crippen LogP) is 2.83. The van der Waals surface area contributed by atoms with Crippen molar-refractivity contribution in [1.29, 1.82) is 0 Å². The third-order valence-corrected chi connectivity index (χ3v) is 2.47. The summed E-state index contributed by atoms with van der Waals surface area (Å²) in [5.74, 6) is -0.703. The lowest BCUT2D eigenvalue weighted by molar-refractivity contribution is -0.184. The quantitative estimate of drug-likeness (QED) is 0.840. The molecule has 0 aliphatic rings. The van der Waals surface area contributed by atoms with Crippen LogP contribution in [0, 0.1) is 0 Å². The van der Waals surface area contributed by atoms with Crippen molar-refractivity contribution < 1.29 is 22.7 Å². The second-order valence-corrected chi connectivity index (χ2v) is 4.20. The van der Waals surface area contributed by atoms with Gasteiger partial charge in [0, 0.05) is 5.69 Å². The summed E-state index contributed by atoms with van der Waals surface area (Å²) in [6, 6.07) is 4.34. The summed E-state index contributed by atoms with van der Waals surface area (Å²) in [5, 5.41) is 2.69. The van der Waals surface area contributed by atoms with Crippen LogP contribution in [0.2, 0.25) is 5.02 Å². The molecule has 1 aromatic rings. The summed E-state index contributed by atoms with van der Waals surface area (Å²) in [6.45, 7) is -0.259. The van der Waals surface area contributed by atoms with Gasteiger partial charge in [-0.1, -0.05) is 11.6 Å². The van der Waals surface area contributed by atoms with E-state index in [9.17, 15) is 18.0 Å². The average Bonchev–Trinajstić information content (AvgIpc) is 2.29. The summed E-state index contributed by atoms with van der Waals surface area (Å²) < 4.78 is 40.1. The van der Waals surface area contributed by atoms with E-state index in [2.05, 4.69) is 10.1 Å². The van der Waals surface area contributed by atoms with E-state index in [4.69, 9.17) is 17.3 Å². The van der Waals surface area contributed by atoms with Gasteiger partial charge in [0.1, 0.15) is 12.7 Å². The number of halogens is 4. The van der Waals surface area contributed by atoms with E-state index in [1.807, 2.05) is 0 Å². The molecule has 1 aromatic carbocycles. The number of hydrogen-bond donors (Lipinski definition) is 2. The maximum absolute atomic E-state index is 11.9. The number of amides is 1. The summed E-state index contributed by atoms with van der Waals surface area (Å²) in [6.07, 6.45) is -5.71. The second-order valence-electron chi connectivity index (χ2n) is 3.79. The molecule has 0 saturated carbocycles. The molecule has 0 bridgehead atoms. The summed E-state index contributed by atoms with van der Waals surface area (Å²) >= 11 is 5.69. The monoisotopic (exact) mass is 296 g/mol. The van der Waals surface area contributed by atoms with E-state index in [0.29, 0.717) is 10.7 Å². The van der Waals surface area contributed by atoms with Gasteiger partial charge in [0.2, 0.25) is 0 Å². The topological polar surface area (TPSA) is 64.3 Å². The lowest BCUT2D eigenvalue weighted by atomic mass is 10.2. The van der Waals surface area contributed by atoms with Crippen LogP contribution in [0.4, 0.5) is 24.5 Å². The number of hydrogen-bond acceptors (Lipinski definition) is 3. The zero-order valence-corrected chi connectivity index (χ0v) is 10.7. The number of nitrogen functional groups attached to an aromatic ring is 1. The molecular weight excluding hydrogens is 285 g/mol. The molecule has 1 amide bonds. The van der Waals surface area contributed by atoms with Gasteiger partial charge >= 0.3 is 6.18 Å². The molecule has 0 spiro atoms. The molecule has 0 aliphatic carbocycles. The number of nitrogens with one attached hydrogen (secondary N) is 1. The third kappa shape index (κ3) is 5.35. The Bertz CT molecular complexity index is 466. The minimum Gasteiger partial charge on any atom is -0.397 e. The lowest BCUT2D eigenvalue weighted by Gasteiger charge is -2.15. The van der Waals surface area contributed by atoms with Gasteiger partial charge in [-0.3, -0.25) is 4.79 Å². The Labute approximate surface area is 112 Å². The molecule has 3 N–H and O–H groups in total. The Kier molecular flexibility index (Phi) is 5.02. The fraction of sp³-hybridized carbons (Fsp3) is 0.364. The number of rotatable bonds is 4. The van der Waals surface area contributed by atoms with Gasteiger partial charge in [-0.05, 0) is 25.1 Å². The molecule has 0 radical (unpaired) electrons. The van der Waals surface area contributed by atoms with Crippen molar-refractivity contribution in [3.8, 4) is 0 Å². The SMILES string of the molecule is CC(OCC(F)(F)F)C(=O)Nc1ccc(Cl)c(N)c1. The Morgan fingerprint density at radius 2 is 2.16 bits per heavy atom. The third-order valence-electron chi connectivity index (χ3n) is 2.13. The highest BCUT2D eigenvalue weighted by Gasteiger charge is 2.29. The first kappa shape index (κ1) is 15.6. The maximum atomic E-state index is 11.9. The lowest BCUT2D eigenvalue weighted by Crippen LogP contribution is -2.31. The van der Waals surface area contributed by atoms with Crippen LogP contribution in [0.25, 0.3) is 0 Å². The van der Waals surface area contributed by atoms with E-state index in [-0.39, 0.29) is 5.69 Å². The average molecular weight is 297 g/mol. The van der Waals surface area contributed by atoms with Crippen molar-refractivity contribution in [3.63, 3.8) is 0 Å². The van der Waals surface area contributed by atoms with Crippen molar-refractivity contribution in [2.24, 2.45) is 0 Å². The van der Waals surface area contributed by atoms with Gasteiger partial charge < -0.3 is 15.8 Å². The van der Waals surface area contributed by atoms with Gasteiger partial charge in [0.15, 0.2) is 0 Å². The zero-order chi connectivity index (χ0) is 14.6. The van der Waals surface area contributed by atoms with Crippen LogP contribution in [0.3, 0.4) is 0 Å². The van der Waals surface area contributed by atoms with Gasteiger partial charge in [0.25, 0.3) is 5.91 Å². The standard InChI is InChI=1S/C11H12ClF3N2O2/c1-6(19-5-11(13,14)15)10(18)17-7-2-3-8(12)9(16)4-7/h2-4,6H,5,16H2,1H3,(H,17,18). The van der Waals surface area contributed by atoms with Crippen molar-refractivity contribution in [2.75, 3.05) is 17.7 Å². The van der Waals surface area contributed by atoms with E-state index in [0.717, 1.165) is 0 Å². The minimum atomic E-state index is -4.47. The Morgan fingerprint density at radius 3 is 2.68 bits per heavy atom. The number of ether oxygens (including phenoxy) is 1. The van der Waals surface area contributed by atoms with Crippen LogP contribution >= 0.6 is 11.6 Å². The molecule has 0 aliphatic heterocycles. The molecule has 19 heavy (non-hydrogen) atoms. The maximum Gasteiger partial charge on any atom is 0.411 e. The van der Waals surface area contributed by atoms with Crippen molar-refractivity contribution in [1.82, 2.24) is 0 Å². The molecule has 0 fully saturated rings. The Morgan fingerprint density at radius 1 is 1.53 bits per heavy atom. The largest absolute Gasteiger partial charge is 0.411 e. The number of alkyl halides is 3. The fourth-order valence-corrected chi connectivity index (χ4v) is 1.28.